The molecule has 1 aromatic carbocycles. The predicted octanol–water partition coefficient (Wildman–Crippen LogP) is 0.520. The molecule has 144 valence electrons. The van der Waals surface area contributed by atoms with Gasteiger partial charge in [0.2, 0.25) is 15.9 Å². The van der Waals surface area contributed by atoms with Crippen molar-refractivity contribution in [2.75, 3.05) is 40.9 Å². The molecule has 1 aromatic rings. The molecule has 0 atom stereocenters. The Morgan fingerprint density at radius 2 is 1.76 bits per heavy atom. The van der Waals surface area contributed by atoms with E-state index >= 15 is 0 Å². The average molecular weight is 396 g/mol. The summed E-state index contributed by atoms with van der Waals surface area (Å²) in [5.41, 5.74) is 0. The van der Waals surface area contributed by atoms with Crippen molar-refractivity contribution in [2.45, 2.75) is 17.7 Å². The number of nitrogens with one attached hydrogen (secondary N) is 3. The van der Waals surface area contributed by atoms with Crippen LogP contribution in [0.15, 0.2) is 23.1 Å². The fourth-order valence-electron chi connectivity index (χ4n) is 1.95. The summed E-state index contributed by atoms with van der Waals surface area (Å²) in [4.78, 5) is 11.7. The zero-order valence-corrected chi connectivity index (χ0v) is 16.3. The van der Waals surface area contributed by atoms with E-state index in [1.165, 1.54) is 32.4 Å². The second-order valence-corrected chi connectivity index (χ2v) is 6.74. The van der Waals surface area contributed by atoms with Crippen LogP contribution in [0.4, 0.5) is 0 Å². The van der Waals surface area contributed by atoms with Crippen molar-refractivity contribution >= 4 is 28.3 Å². The highest BCUT2D eigenvalue weighted by molar-refractivity contribution is 7.89. The summed E-state index contributed by atoms with van der Waals surface area (Å²) >= 11 is 0. The molecule has 0 spiro atoms. The largest absolute Gasteiger partial charge is 0.493 e. The maximum atomic E-state index is 12.2. The van der Waals surface area contributed by atoms with Gasteiger partial charge in [0.15, 0.2) is 11.5 Å². The van der Waals surface area contributed by atoms with Crippen LogP contribution in [0, 0.1) is 0 Å². The monoisotopic (exact) mass is 395 g/mol. The number of hydrogen-bond donors (Lipinski definition) is 3. The van der Waals surface area contributed by atoms with Gasteiger partial charge >= 0.3 is 0 Å². The lowest BCUT2D eigenvalue weighted by atomic mass is 10.3. The predicted molar refractivity (Wildman–Crippen MR) is 98.2 cm³/mol. The molecule has 0 saturated heterocycles. The van der Waals surface area contributed by atoms with Gasteiger partial charge in [-0.05, 0) is 32.1 Å². The molecule has 0 aliphatic carbocycles. The first-order chi connectivity index (χ1) is 11.4. The molecule has 0 aromatic heterocycles. The summed E-state index contributed by atoms with van der Waals surface area (Å²) in [5.74, 6) is 0.571. The number of halogens is 1. The third-order valence-corrected chi connectivity index (χ3v) is 4.69. The zero-order chi connectivity index (χ0) is 18.0. The molecule has 10 heteroatoms. The number of carbonyl (C=O) groups excluding carboxylic acids is 1. The minimum Gasteiger partial charge on any atom is -0.493 e. The molecule has 3 N–H and O–H groups in total. The van der Waals surface area contributed by atoms with Crippen molar-refractivity contribution in [1.29, 1.82) is 0 Å². The number of amides is 1. The first-order valence-electron chi connectivity index (χ1n) is 7.57. The number of rotatable bonds is 11. The number of methoxy groups -OCH3 is 2. The average Bonchev–Trinajstić information content (AvgIpc) is 2.57. The van der Waals surface area contributed by atoms with Crippen molar-refractivity contribution in [3.63, 3.8) is 0 Å². The molecule has 0 heterocycles. The normalized spacial score (nSPS) is 10.7. The molecule has 8 nitrogen and oxygen atoms in total. The molecule has 1 amide bonds. The highest BCUT2D eigenvalue weighted by atomic mass is 35.5. The third-order valence-electron chi connectivity index (χ3n) is 3.24. The standard InChI is InChI=1S/C15H25N3O5S.ClH/c1-16-8-4-9-17-15(19)7-10-18-24(20,21)12-5-6-13(22-2)14(11-12)23-3;/h5-6,11,16,18H,4,7-10H2,1-3H3,(H,17,19);1H. The quantitative estimate of drug-likeness (QED) is 0.472. The summed E-state index contributed by atoms with van der Waals surface area (Å²) in [6.07, 6.45) is 0.895. The van der Waals surface area contributed by atoms with Gasteiger partial charge < -0.3 is 20.1 Å². The van der Waals surface area contributed by atoms with E-state index in [0.29, 0.717) is 18.0 Å². The summed E-state index contributed by atoms with van der Waals surface area (Å²) in [7, 11) is 1.02. The number of carbonyl (C=O) groups is 1. The Labute approximate surface area is 155 Å². The lowest BCUT2D eigenvalue weighted by Gasteiger charge is -2.11. The van der Waals surface area contributed by atoms with Crippen molar-refractivity contribution in [3.8, 4) is 11.5 Å². The van der Waals surface area contributed by atoms with E-state index in [0.717, 1.165) is 13.0 Å². The number of benzene rings is 1. The van der Waals surface area contributed by atoms with E-state index in [1.807, 2.05) is 7.05 Å². The van der Waals surface area contributed by atoms with E-state index in [9.17, 15) is 13.2 Å². The zero-order valence-electron chi connectivity index (χ0n) is 14.6. The molecule has 0 saturated carbocycles. The van der Waals surface area contributed by atoms with Crippen LogP contribution in [-0.4, -0.2) is 55.2 Å². The van der Waals surface area contributed by atoms with E-state index in [-0.39, 0.29) is 36.2 Å². The van der Waals surface area contributed by atoms with Gasteiger partial charge in [-0.3, -0.25) is 4.79 Å². The summed E-state index contributed by atoms with van der Waals surface area (Å²) < 4.78 is 37.0. The van der Waals surface area contributed by atoms with Gasteiger partial charge in [-0.2, -0.15) is 0 Å². The Morgan fingerprint density at radius 1 is 1.08 bits per heavy atom. The van der Waals surface area contributed by atoms with Crippen LogP contribution in [-0.2, 0) is 14.8 Å². The summed E-state index contributed by atoms with van der Waals surface area (Å²) in [6, 6.07) is 4.31. The highest BCUT2D eigenvalue weighted by Gasteiger charge is 2.17. The topological polar surface area (TPSA) is 106 Å². The molecule has 25 heavy (non-hydrogen) atoms. The van der Waals surface area contributed by atoms with Gasteiger partial charge in [-0.1, -0.05) is 0 Å². The Balaban J connectivity index is 0.00000576. The smallest absolute Gasteiger partial charge is 0.240 e. The summed E-state index contributed by atoms with van der Waals surface area (Å²) in [5, 5.41) is 5.70. The van der Waals surface area contributed by atoms with Gasteiger partial charge in [-0.15, -0.1) is 12.4 Å². The van der Waals surface area contributed by atoms with Crippen LogP contribution >= 0.6 is 12.4 Å². The minimum absolute atomic E-state index is 0. The first kappa shape index (κ1) is 23.4. The Bertz CT molecular complexity index is 640. The van der Waals surface area contributed by atoms with Crippen LogP contribution < -0.4 is 24.8 Å². The van der Waals surface area contributed by atoms with Crippen molar-refractivity contribution < 1.29 is 22.7 Å². The van der Waals surface area contributed by atoms with E-state index in [4.69, 9.17) is 9.47 Å². The van der Waals surface area contributed by atoms with Gasteiger partial charge in [0.25, 0.3) is 0 Å². The van der Waals surface area contributed by atoms with Crippen molar-refractivity contribution in [1.82, 2.24) is 15.4 Å². The van der Waals surface area contributed by atoms with E-state index in [2.05, 4.69) is 15.4 Å². The minimum atomic E-state index is -3.72. The SMILES string of the molecule is CNCCCNC(=O)CCNS(=O)(=O)c1ccc(OC)c(OC)c1.Cl. The van der Waals surface area contributed by atoms with Gasteiger partial charge in [0.05, 0.1) is 19.1 Å². The van der Waals surface area contributed by atoms with Crippen LogP contribution in [0.3, 0.4) is 0 Å². The second-order valence-electron chi connectivity index (χ2n) is 4.97. The molecule has 0 radical (unpaired) electrons. The second kappa shape index (κ2) is 11.9. The third kappa shape index (κ3) is 7.91. The Hall–Kier alpha value is -1.55. The molecule has 0 unspecified atom stereocenters. The van der Waals surface area contributed by atoms with Crippen LogP contribution in [0.25, 0.3) is 0 Å². The Morgan fingerprint density at radius 3 is 2.36 bits per heavy atom. The fraction of sp³-hybridized carbons (Fsp3) is 0.533. The summed E-state index contributed by atoms with van der Waals surface area (Å²) in [6.45, 7) is 1.39. The Kier molecular flexibility index (Phi) is 11.2. The molecular formula is C15H26ClN3O5S. The highest BCUT2D eigenvalue weighted by Crippen LogP contribution is 2.29. The van der Waals surface area contributed by atoms with Crippen LogP contribution in [0.5, 0.6) is 11.5 Å². The molecule has 1 rings (SSSR count). The molecular weight excluding hydrogens is 370 g/mol. The van der Waals surface area contributed by atoms with Gasteiger partial charge in [0.1, 0.15) is 0 Å². The van der Waals surface area contributed by atoms with E-state index < -0.39 is 10.0 Å². The maximum absolute atomic E-state index is 12.2. The maximum Gasteiger partial charge on any atom is 0.240 e. The fourth-order valence-corrected chi connectivity index (χ4v) is 2.99. The van der Waals surface area contributed by atoms with Crippen LogP contribution in [0.1, 0.15) is 12.8 Å². The van der Waals surface area contributed by atoms with Crippen molar-refractivity contribution in [3.05, 3.63) is 18.2 Å². The molecule has 0 aliphatic rings. The van der Waals surface area contributed by atoms with E-state index in [1.54, 1.807) is 0 Å². The molecule has 0 fully saturated rings. The van der Waals surface area contributed by atoms with Gasteiger partial charge in [0, 0.05) is 25.6 Å². The molecule has 0 bridgehead atoms. The van der Waals surface area contributed by atoms with Crippen LogP contribution in [0.2, 0.25) is 0 Å². The van der Waals surface area contributed by atoms with Crippen molar-refractivity contribution in [2.24, 2.45) is 0 Å². The first-order valence-corrected chi connectivity index (χ1v) is 9.06. The molecule has 0 aliphatic heterocycles. The number of ether oxygens (including phenoxy) is 2. The lowest BCUT2D eigenvalue weighted by molar-refractivity contribution is -0.120. The van der Waals surface area contributed by atoms with Gasteiger partial charge in [-0.25, -0.2) is 13.1 Å². The lowest BCUT2D eigenvalue weighted by Crippen LogP contribution is -2.31. The number of sulfonamides is 1. The number of hydrogen-bond acceptors (Lipinski definition) is 6.